The molecule has 0 atom stereocenters. The van der Waals surface area contributed by atoms with Crippen LogP contribution in [0.3, 0.4) is 0 Å². The smallest absolute Gasteiger partial charge is 0.261 e. The van der Waals surface area contributed by atoms with Gasteiger partial charge in [-0.15, -0.1) is 0 Å². The van der Waals surface area contributed by atoms with Crippen LogP contribution >= 0.6 is 12.2 Å². The number of benzene rings is 3. The zero-order valence-corrected chi connectivity index (χ0v) is 18.8. The van der Waals surface area contributed by atoms with Gasteiger partial charge in [0.25, 0.3) is 5.91 Å². The lowest BCUT2D eigenvalue weighted by molar-refractivity contribution is 0.0975. The van der Waals surface area contributed by atoms with Crippen molar-refractivity contribution in [2.24, 2.45) is 0 Å². The highest BCUT2D eigenvalue weighted by molar-refractivity contribution is 7.80. The number of ether oxygens (including phenoxy) is 1. The van der Waals surface area contributed by atoms with Crippen molar-refractivity contribution < 1.29 is 13.9 Å². The zero-order valence-electron chi connectivity index (χ0n) is 18.0. The Morgan fingerprint density at radius 2 is 1.88 bits per heavy atom. The number of carbonyl (C=O) groups is 1. The Morgan fingerprint density at radius 3 is 2.66 bits per heavy atom. The van der Waals surface area contributed by atoms with E-state index in [2.05, 4.69) is 41.6 Å². The van der Waals surface area contributed by atoms with E-state index in [1.165, 1.54) is 12.7 Å². The van der Waals surface area contributed by atoms with Gasteiger partial charge in [0.15, 0.2) is 10.7 Å². The summed E-state index contributed by atoms with van der Waals surface area (Å²) in [6.45, 7) is 4.29. The van der Waals surface area contributed by atoms with Crippen LogP contribution < -0.4 is 15.4 Å². The van der Waals surface area contributed by atoms with E-state index in [1.54, 1.807) is 24.3 Å². The zero-order chi connectivity index (χ0) is 22.7. The van der Waals surface area contributed by atoms with Crippen molar-refractivity contribution >= 4 is 40.0 Å². The van der Waals surface area contributed by atoms with E-state index in [4.69, 9.17) is 21.4 Å². The normalized spacial score (nSPS) is 10.9. The Kier molecular flexibility index (Phi) is 6.18. The van der Waals surface area contributed by atoms with E-state index >= 15 is 0 Å². The summed E-state index contributed by atoms with van der Waals surface area (Å²) < 4.78 is 11.2. The predicted molar refractivity (Wildman–Crippen MR) is 130 cm³/mol. The van der Waals surface area contributed by atoms with E-state index < -0.39 is 0 Å². The SMILES string of the molecule is COc1ccccc1C(=O)NC(=S)Nc1cccc(-c2nc3cc(C(C)C)ccc3o2)c1. The number of aromatic nitrogens is 1. The van der Waals surface area contributed by atoms with Crippen LogP contribution in [-0.2, 0) is 0 Å². The average Bonchev–Trinajstić information content (AvgIpc) is 3.22. The lowest BCUT2D eigenvalue weighted by Crippen LogP contribution is -2.34. The van der Waals surface area contributed by atoms with Gasteiger partial charge in [-0.25, -0.2) is 4.98 Å². The highest BCUT2D eigenvalue weighted by Gasteiger charge is 2.14. The molecule has 0 aliphatic carbocycles. The van der Waals surface area contributed by atoms with Crippen LogP contribution in [0.15, 0.2) is 71.1 Å². The van der Waals surface area contributed by atoms with Gasteiger partial charge >= 0.3 is 0 Å². The number of hydrogen-bond donors (Lipinski definition) is 2. The Balaban J connectivity index is 1.50. The first-order chi connectivity index (χ1) is 15.4. The number of nitrogens with one attached hydrogen (secondary N) is 2. The molecule has 0 radical (unpaired) electrons. The third-order valence-electron chi connectivity index (χ3n) is 5.02. The molecule has 162 valence electrons. The summed E-state index contributed by atoms with van der Waals surface area (Å²) in [5, 5.41) is 5.89. The van der Waals surface area contributed by atoms with Crippen LogP contribution in [0.25, 0.3) is 22.6 Å². The molecule has 1 aromatic heterocycles. The molecule has 7 heteroatoms. The summed E-state index contributed by atoms with van der Waals surface area (Å²) in [5.74, 6) is 1.06. The molecule has 0 unspecified atom stereocenters. The Morgan fingerprint density at radius 1 is 1.06 bits per heavy atom. The first kappa shape index (κ1) is 21.5. The Bertz CT molecular complexity index is 1300. The standard InChI is InChI=1S/C25H23N3O3S/c1-15(2)16-11-12-22-20(14-16)27-24(31-22)17-7-6-8-18(13-17)26-25(32)28-23(29)19-9-4-5-10-21(19)30-3/h4-15H,1-3H3,(H2,26,28,29,32). The van der Waals surface area contributed by atoms with Crippen molar-refractivity contribution in [3.05, 3.63) is 77.9 Å². The fourth-order valence-corrected chi connectivity index (χ4v) is 3.53. The third kappa shape index (κ3) is 4.63. The minimum absolute atomic E-state index is 0.178. The molecular formula is C25H23N3O3S. The molecule has 0 spiro atoms. The highest BCUT2D eigenvalue weighted by Crippen LogP contribution is 2.28. The number of amides is 1. The second-order valence-electron chi connectivity index (χ2n) is 7.59. The summed E-state index contributed by atoms with van der Waals surface area (Å²) in [6.07, 6.45) is 0. The van der Waals surface area contributed by atoms with Crippen LogP contribution in [0, 0.1) is 0 Å². The monoisotopic (exact) mass is 445 g/mol. The van der Waals surface area contributed by atoms with Crippen molar-refractivity contribution in [2.75, 3.05) is 12.4 Å². The second kappa shape index (κ2) is 9.20. The summed E-state index contributed by atoms with van der Waals surface area (Å²) in [7, 11) is 1.52. The van der Waals surface area contributed by atoms with Crippen molar-refractivity contribution in [3.8, 4) is 17.2 Å². The lowest BCUT2D eigenvalue weighted by Gasteiger charge is -2.12. The molecule has 32 heavy (non-hydrogen) atoms. The van der Waals surface area contributed by atoms with Crippen LogP contribution in [-0.4, -0.2) is 23.1 Å². The number of nitrogens with zero attached hydrogens (tertiary/aromatic N) is 1. The number of carbonyl (C=O) groups excluding carboxylic acids is 1. The first-order valence-corrected chi connectivity index (χ1v) is 10.6. The largest absolute Gasteiger partial charge is 0.496 e. The minimum Gasteiger partial charge on any atom is -0.496 e. The van der Waals surface area contributed by atoms with Crippen molar-refractivity contribution in [2.45, 2.75) is 19.8 Å². The lowest BCUT2D eigenvalue weighted by atomic mass is 10.0. The predicted octanol–water partition coefficient (Wildman–Crippen LogP) is 5.75. The first-order valence-electron chi connectivity index (χ1n) is 10.2. The van der Waals surface area contributed by atoms with E-state index in [0.29, 0.717) is 28.8 Å². The van der Waals surface area contributed by atoms with E-state index in [-0.39, 0.29) is 11.0 Å². The maximum Gasteiger partial charge on any atom is 0.261 e. The molecule has 1 amide bonds. The summed E-state index contributed by atoms with van der Waals surface area (Å²) in [5.41, 5.74) is 4.68. The van der Waals surface area contributed by atoms with Crippen LogP contribution in [0.2, 0.25) is 0 Å². The molecule has 0 aliphatic rings. The summed E-state index contributed by atoms with van der Waals surface area (Å²) >= 11 is 5.32. The molecule has 1 heterocycles. The average molecular weight is 446 g/mol. The van der Waals surface area contributed by atoms with Gasteiger partial charge in [-0.1, -0.05) is 38.1 Å². The van der Waals surface area contributed by atoms with Gasteiger partial charge in [-0.05, 0) is 66.2 Å². The van der Waals surface area contributed by atoms with Gasteiger partial charge in [-0.3, -0.25) is 10.1 Å². The van der Waals surface area contributed by atoms with Gasteiger partial charge in [0, 0.05) is 11.3 Å². The number of anilines is 1. The maximum absolute atomic E-state index is 12.5. The van der Waals surface area contributed by atoms with Gasteiger partial charge in [0.2, 0.25) is 5.89 Å². The van der Waals surface area contributed by atoms with Crippen molar-refractivity contribution in [1.29, 1.82) is 0 Å². The fourth-order valence-electron chi connectivity index (χ4n) is 3.32. The number of thiocarbonyl (C=S) groups is 1. The molecule has 2 N–H and O–H groups in total. The molecule has 0 aliphatic heterocycles. The quantitative estimate of drug-likeness (QED) is 0.381. The van der Waals surface area contributed by atoms with Crippen molar-refractivity contribution in [1.82, 2.24) is 10.3 Å². The number of methoxy groups -OCH3 is 1. The molecule has 0 fully saturated rings. The van der Waals surface area contributed by atoms with Crippen molar-refractivity contribution in [3.63, 3.8) is 0 Å². The van der Waals surface area contributed by atoms with E-state index in [0.717, 1.165) is 16.7 Å². The summed E-state index contributed by atoms with van der Waals surface area (Å²) in [6, 6.07) is 20.5. The number of oxazole rings is 1. The number of rotatable bonds is 5. The molecule has 6 nitrogen and oxygen atoms in total. The number of para-hydroxylation sites is 1. The Labute approximate surface area is 191 Å². The molecular weight excluding hydrogens is 422 g/mol. The highest BCUT2D eigenvalue weighted by atomic mass is 32.1. The van der Waals surface area contributed by atoms with E-state index in [9.17, 15) is 4.79 Å². The van der Waals surface area contributed by atoms with Crippen LogP contribution in [0.5, 0.6) is 5.75 Å². The molecule has 0 saturated heterocycles. The van der Waals surface area contributed by atoms with Crippen LogP contribution in [0.4, 0.5) is 5.69 Å². The fraction of sp³-hybridized carbons (Fsp3) is 0.160. The van der Waals surface area contributed by atoms with E-state index in [1.807, 2.05) is 30.3 Å². The van der Waals surface area contributed by atoms with Gasteiger partial charge in [0.05, 0.1) is 12.7 Å². The topological polar surface area (TPSA) is 76.4 Å². The molecule has 4 rings (SSSR count). The van der Waals surface area contributed by atoms with Gasteiger partial charge in [0.1, 0.15) is 11.3 Å². The maximum atomic E-state index is 12.5. The molecule has 4 aromatic rings. The molecule has 0 saturated carbocycles. The Hall–Kier alpha value is -3.71. The molecule has 3 aromatic carbocycles. The van der Waals surface area contributed by atoms with Gasteiger partial charge < -0.3 is 14.5 Å². The number of hydrogen-bond acceptors (Lipinski definition) is 5. The van der Waals surface area contributed by atoms with Gasteiger partial charge in [-0.2, -0.15) is 0 Å². The second-order valence-corrected chi connectivity index (χ2v) is 8.00. The number of fused-ring (bicyclic) bond motifs is 1. The minimum atomic E-state index is -0.351. The third-order valence-corrected chi connectivity index (χ3v) is 5.23. The molecule has 0 bridgehead atoms. The van der Waals surface area contributed by atoms with Crippen LogP contribution in [0.1, 0.15) is 35.7 Å². The summed E-state index contributed by atoms with van der Waals surface area (Å²) in [4.78, 5) is 17.2.